The maximum atomic E-state index is 12.3. The summed E-state index contributed by atoms with van der Waals surface area (Å²) in [5, 5.41) is 9.11. The molecule has 0 aliphatic carbocycles. The molecule has 0 atom stereocenters. The lowest BCUT2D eigenvalue weighted by molar-refractivity contribution is 0.104. The number of hydrogen-bond donors (Lipinski definition) is 1. The van der Waals surface area contributed by atoms with Gasteiger partial charge in [0.15, 0.2) is 5.78 Å². The van der Waals surface area contributed by atoms with Crippen LogP contribution in [0, 0.1) is 0 Å². The number of allylic oxidation sites excluding steroid dienone is 1. The van der Waals surface area contributed by atoms with Crippen LogP contribution in [0.2, 0.25) is 0 Å². The fourth-order valence-electron chi connectivity index (χ4n) is 2.39. The Hall–Kier alpha value is -3.08. The Morgan fingerprint density at radius 3 is 2.00 bits per heavy atom. The minimum absolute atomic E-state index is 0.124. The van der Waals surface area contributed by atoms with Crippen LogP contribution in [0.25, 0.3) is 6.08 Å². The van der Waals surface area contributed by atoms with E-state index in [1.54, 1.807) is 37.3 Å². The molecule has 130 valence electrons. The molecule has 1 amide bonds. The number of carbonyl (C=O) groups is 2. The topological polar surface area (TPSA) is 60.9 Å². The van der Waals surface area contributed by atoms with E-state index in [1.807, 2.05) is 43.3 Å². The third kappa shape index (κ3) is 4.70. The molecule has 0 heterocycles. The second-order valence-electron chi connectivity index (χ2n) is 5.76. The molecule has 0 aliphatic rings. The third-order valence-electron chi connectivity index (χ3n) is 3.85. The molecule has 0 bridgehead atoms. The van der Waals surface area contributed by atoms with Gasteiger partial charge in [0.25, 0.3) is 0 Å². The van der Waals surface area contributed by atoms with Crippen molar-refractivity contribution in [1.82, 2.24) is 0 Å². The lowest BCUT2D eigenvalue weighted by Gasteiger charge is -2.16. The zero-order valence-electron chi connectivity index (χ0n) is 14.6. The molecule has 0 saturated heterocycles. The largest absolute Gasteiger partial charge is 0.465 e. The van der Waals surface area contributed by atoms with Crippen LogP contribution in [0.4, 0.5) is 16.2 Å². The summed E-state index contributed by atoms with van der Waals surface area (Å²) in [6, 6.07) is 14.5. The minimum atomic E-state index is -1.01. The molecule has 5 nitrogen and oxygen atoms in total. The van der Waals surface area contributed by atoms with Gasteiger partial charge in [-0.25, -0.2) is 4.79 Å². The summed E-state index contributed by atoms with van der Waals surface area (Å²) in [6.07, 6.45) is 2.28. The summed E-state index contributed by atoms with van der Waals surface area (Å²) in [6.45, 7) is 2.11. The zero-order valence-corrected chi connectivity index (χ0v) is 14.6. The van der Waals surface area contributed by atoms with Gasteiger partial charge in [-0.2, -0.15) is 0 Å². The molecule has 2 rings (SSSR count). The van der Waals surface area contributed by atoms with Crippen molar-refractivity contribution < 1.29 is 14.7 Å². The van der Waals surface area contributed by atoms with E-state index in [1.165, 1.54) is 11.0 Å². The maximum Gasteiger partial charge on any atom is 0.411 e. The first kappa shape index (κ1) is 18.3. The van der Waals surface area contributed by atoms with Crippen LogP contribution in [-0.2, 0) is 0 Å². The molecule has 1 N–H and O–H groups in total. The fraction of sp³-hybridized carbons (Fsp3) is 0.200. The van der Waals surface area contributed by atoms with Crippen LogP contribution in [0.3, 0.4) is 0 Å². The molecule has 0 aliphatic heterocycles. The number of benzene rings is 2. The Morgan fingerprint density at radius 1 is 0.960 bits per heavy atom. The summed E-state index contributed by atoms with van der Waals surface area (Å²) in [7, 11) is 3.95. The molecule has 0 fully saturated rings. The summed E-state index contributed by atoms with van der Waals surface area (Å²) in [5.41, 5.74) is 3.11. The van der Waals surface area contributed by atoms with Crippen molar-refractivity contribution in [1.29, 1.82) is 0 Å². The highest BCUT2D eigenvalue weighted by Crippen LogP contribution is 2.17. The zero-order chi connectivity index (χ0) is 18.4. The quantitative estimate of drug-likeness (QED) is 0.635. The van der Waals surface area contributed by atoms with Crippen molar-refractivity contribution in [3.8, 4) is 0 Å². The average Bonchev–Trinajstić information content (AvgIpc) is 2.61. The normalized spacial score (nSPS) is 10.7. The Morgan fingerprint density at radius 2 is 1.52 bits per heavy atom. The fourth-order valence-corrected chi connectivity index (χ4v) is 2.39. The Kier molecular flexibility index (Phi) is 5.95. The molecule has 2 aromatic carbocycles. The van der Waals surface area contributed by atoms with Crippen LogP contribution < -0.4 is 9.80 Å². The van der Waals surface area contributed by atoms with Crippen LogP contribution in [-0.4, -0.2) is 37.6 Å². The van der Waals surface area contributed by atoms with Crippen molar-refractivity contribution in [3.05, 3.63) is 65.7 Å². The Balaban J connectivity index is 2.08. The molecular formula is C20H22N2O3. The number of ketones is 1. The average molecular weight is 338 g/mol. The van der Waals surface area contributed by atoms with E-state index in [4.69, 9.17) is 5.11 Å². The Labute approximate surface area is 147 Å². The van der Waals surface area contributed by atoms with Gasteiger partial charge in [-0.3, -0.25) is 9.69 Å². The standard InChI is InChI=1S/C20H22N2O3/c1-4-22(20(24)25)18-12-8-16(9-13-18)19(23)14-7-15-5-10-17(11-6-15)21(2)3/h5-14H,4H2,1-3H3,(H,24,25). The van der Waals surface area contributed by atoms with Gasteiger partial charge in [0.1, 0.15) is 0 Å². The van der Waals surface area contributed by atoms with E-state index < -0.39 is 6.09 Å². The van der Waals surface area contributed by atoms with E-state index >= 15 is 0 Å². The van der Waals surface area contributed by atoms with Crippen molar-refractivity contribution in [2.75, 3.05) is 30.4 Å². The monoisotopic (exact) mass is 338 g/mol. The van der Waals surface area contributed by atoms with Gasteiger partial charge in [0.2, 0.25) is 0 Å². The molecular weight excluding hydrogens is 316 g/mol. The van der Waals surface area contributed by atoms with Gasteiger partial charge in [0.05, 0.1) is 0 Å². The highest BCUT2D eigenvalue weighted by Gasteiger charge is 2.12. The molecule has 0 spiro atoms. The number of carboxylic acid groups (broad SMARTS) is 1. The predicted octanol–water partition coefficient (Wildman–Crippen LogP) is 4.15. The van der Waals surface area contributed by atoms with E-state index in [2.05, 4.69) is 0 Å². The second kappa shape index (κ2) is 8.15. The van der Waals surface area contributed by atoms with Crippen LogP contribution >= 0.6 is 0 Å². The summed E-state index contributed by atoms with van der Waals surface area (Å²) in [4.78, 5) is 26.6. The first-order valence-electron chi connectivity index (χ1n) is 8.02. The smallest absolute Gasteiger partial charge is 0.411 e. The van der Waals surface area contributed by atoms with Gasteiger partial charge < -0.3 is 10.0 Å². The first-order chi connectivity index (χ1) is 11.9. The maximum absolute atomic E-state index is 12.3. The predicted molar refractivity (Wildman–Crippen MR) is 102 cm³/mol. The minimum Gasteiger partial charge on any atom is -0.465 e. The number of anilines is 2. The van der Waals surface area contributed by atoms with Crippen LogP contribution in [0.5, 0.6) is 0 Å². The SMILES string of the molecule is CCN(C(=O)O)c1ccc(C(=O)C=Cc2ccc(N(C)C)cc2)cc1. The molecule has 2 aromatic rings. The molecule has 5 heteroatoms. The van der Waals surface area contributed by atoms with Gasteiger partial charge >= 0.3 is 6.09 Å². The number of hydrogen-bond acceptors (Lipinski definition) is 3. The molecule has 0 unspecified atom stereocenters. The highest BCUT2D eigenvalue weighted by atomic mass is 16.4. The summed E-state index contributed by atoms with van der Waals surface area (Å²) >= 11 is 0. The Bertz CT molecular complexity index is 763. The van der Waals surface area contributed by atoms with Crippen molar-refractivity contribution in [2.24, 2.45) is 0 Å². The van der Waals surface area contributed by atoms with Gasteiger partial charge in [-0.05, 0) is 55.0 Å². The first-order valence-corrected chi connectivity index (χ1v) is 8.02. The third-order valence-corrected chi connectivity index (χ3v) is 3.85. The second-order valence-corrected chi connectivity index (χ2v) is 5.76. The van der Waals surface area contributed by atoms with E-state index in [9.17, 15) is 9.59 Å². The van der Waals surface area contributed by atoms with Crippen molar-refractivity contribution in [2.45, 2.75) is 6.92 Å². The number of carbonyl (C=O) groups excluding carboxylic acids is 1. The highest BCUT2D eigenvalue weighted by molar-refractivity contribution is 6.07. The van der Waals surface area contributed by atoms with E-state index in [0.29, 0.717) is 17.8 Å². The van der Waals surface area contributed by atoms with Gasteiger partial charge in [-0.1, -0.05) is 18.2 Å². The lowest BCUT2D eigenvalue weighted by Crippen LogP contribution is -2.28. The van der Waals surface area contributed by atoms with Crippen LogP contribution in [0.15, 0.2) is 54.6 Å². The van der Waals surface area contributed by atoms with E-state index in [-0.39, 0.29) is 5.78 Å². The lowest BCUT2D eigenvalue weighted by atomic mass is 10.1. The summed E-state index contributed by atoms with van der Waals surface area (Å²) < 4.78 is 0. The van der Waals surface area contributed by atoms with Crippen molar-refractivity contribution in [3.63, 3.8) is 0 Å². The number of amides is 1. The van der Waals surface area contributed by atoms with Gasteiger partial charge in [0, 0.05) is 37.6 Å². The van der Waals surface area contributed by atoms with Gasteiger partial charge in [-0.15, -0.1) is 0 Å². The molecule has 0 aromatic heterocycles. The number of rotatable bonds is 6. The molecule has 0 radical (unpaired) electrons. The summed E-state index contributed by atoms with van der Waals surface area (Å²) in [5.74, 6) is -0.124. The number of nitrogens with zero attached hydrogens (tertiary/aromatic N) is 2. The molecule has 0 saturated carbocycles. The van der Waals surface area contributed by atoms with Crippen molar-refractivity contribution >= 4 is 29.3 Å². The van der Waals surface area contributed by atoms with E-state index in [0.717, 1.165) is 11.3 Å². The molecule has 25 heavy (non-hydrogen) atoms. The van der Waals surface area contributed by atoms with Crippen LogP contribution in [0.1, 0.15) is 22.8 Å².